The van der Waals surface area contributed by atoms with Crippen molar-refractivity contribution < 1.29 is 14.6 Å². The van der Waals surface area contributed by atoms with E-state index in [-0.39, 0.29) is 12.5 Å². The van der Waals surface area contributed by atoms with Gasteiger partial charge < -0.3 is 14.8 Å². The van der Waals surface area contributed by atoms with Gasteiger partial charge >= 0.3 is 5.91 Å². The SMILES string of the molecule is N#CCCCc1nc2c[cH-]c(=[N+]3[CH-]O[C@@H](CO)C3=O)cc2s1. The lowest BCUT2D eigenvalue weighted by Crippen LogP contribution is -2.33. The van der Waals surface area contributed by atoms with E-state index in [2.05, 4.69) is 11.1 Å². The van der Waals surface area contributed by atoms with Crippen LogP contribution in [0.25, 0.3) is 10.2 Å². The van der Waals surface area contributed by atoms with Gasteiger partial charge in [0.05, 0.1) is 17.7 Å². The van der Waals surface area contributed by atoms with Crippen LogP contribution >= 0.6 is 11.3 Å². The molecule has 1 fully saturated rings. The monoisotopic (exact) mass is 316 g/mol. The van der Waals surface area contributed by atoms with E-state index in [1.165, 1.54) is 11.3 Å². The number of fused-ring (bicyclic) bond motifs is 1. The van der Waals surface area contributed by atoms with Crippen molar-refractivity contribution in [3.8, 4) is 6.07 Å². The molecule has 1 N–H and O–H groups in total. The van der Waals surface area contributed by atoms with Gasteiger partial charge in [-0.2, -0.15) is 17.4 Å². The molecule has 0 bridgehead atoms. The standard InChI is InChI=1S/C15H14N3O3S/c16-6-2-1-3-14-17-11-5-4-10(7-13(11)22-14)18-9-21-12(8-19)15(18)20/h4-5,7,9,12,19H,1-3,8H2/q-1/t12-/m0/s1. The number of hydrogen-bond donors (Lipinski definition) is 1. The van der Waals surface area contributed by atoms with Crippen LogP contribution < -0.4 is 9.93 Å². The summed E-state index contributed by atoms with van der Waals surface area (Å²) in [6.45, 7) is 0.997. The molecule has 2 aromatic rings. The number of rotatable bonds is 4. The zero-order chi connectivity index (χ0) is 15.5. The third kappa shape index (κ3) is 2.76. The summed E-state index contributed by atoms with van der Waals surface area (Å²) in [4.78, 5) is 16.5. The van der Waals surface area contributed by atoms with E-state index >= 15 is 0 Å². The summed E-state index contributed by atoms with van der Waals surface area (Å²) >= 11 is 1.57. The Morgan fingerprint density at radius 1 is 1.59 bits per heavy atom. The Morgan fingerprint density at radius 2 is 2.45 bits per heavy atom. The summed E-state index contributed by atoms with van der Waals surface area (Å²) in [5.74, 6) is -0.277. The Balaban J connectivity index is 1.93. The highest BCUT2D eigenvalue weighted by atomic mass is 32.1. The number of benzene rings is 1. The number of amides is 1. The summed E-state index contributed by atoms with van der Waals surface area (Å²) in [6.07, 6.45) is 1.29. The number of aryl methyl sites for hydroxylation is 1. The summed E-state index contributed by atoms with van der Waals surface area (Å²) in [6, 6.07) is 7.68. The van der Waals surface area contributed by atoms with E-state index in [9.17, 15) is 4.79 Å². The third-order valence-corrected chi connectivity index (χ3v) is 4.46. The molecule has 0 unspecified atom stereocenters. The fourth-order valence-electron chi connectivity index (χ4n) is 2.25. The Bertz CT molecular complexity index is 815. The summed E-state index contributed by atoms with van der Waals surface area (Å²) < 4.78 is 7.51. The van der Waals surface area contributed by atoms with Gasteiger partial charge in [-0.3, -0.25) is 9.37 Å². The second kappa shape index (κ2) is 6.32. The number of thiazole rings is 1. The Hall–Kier alpha value is -2.14. The van der Waals surface area contributed by atoms with E-state index in [0.29, 0.717) is 11.8 Å². The molecule has 1 amide bonds. The number of hydrogen-bond acceptors (Lipinski definition) is 6. The molecular weight excluding hydrogens is 302 g/mol. The summed E-state index contributed by atoms with van der Waals surface area (Å²) in [5.41, 5.74) is 0.881. The summed E-state index contributed by atoms with van der Waals surface area (Å²) in [7, 11) is 0. The van der Waals surface area contributed by atoms with Gasteiger partial charge in [0.25, 0.3) is 0 Å². The highest BCUT2D eigenvalue weighted by molar-refractivity contribution is 7.18. The number of nitriles is 1. The molecule has 1 saturated heterocycles. The van der Waals surface area contributed by atoms with E-state index in [1.54, 1.807) is 17.4 Å². The van der Waals surface area contributed by atoms with Crippen molar-refractivity contribution in [1.82, 2.24) is 9.56 Å². The van der Waals surface area contributed by atoms with Gasteiger partial charge in [0.15, 0.2) is 12.8 Å². The molecule has 1 aliphatic heterocycles. The van der Waals surface area contributed by atoms with Gasteiger partial charge in [0, 0.05) is 11.8 Å². The number of aliphatic hydroxyl groups is 1. The van der Waals surface area contributed by atoms with Crippen LogP contribution in [0.15, 0.2) is 18.2 Å². The number of aliphatic hydroxyl groups excluding tert-OH is 1. The molecule has 0 radical (unpaired) electrons. The van der Waals surface area contributed by atoms with Crippen molar-refractivity contribution in [3.05, 3.63) is 35.3 Å². The third-order valence-electron chi connectivity index (χ3n) is 3.38. The van der Waals surface area contributed by atoms with Crippen LogP contribution in [-0.2, 0) is 16.0 Å². The number of carbonyl (C=O) groups is 1. The van der Waals surface area contributed by atoms with Gasteiger partial charge in [0.2, 0.25) is 0 Å². The average molecular weight is 316 g/mol. The van der Waals surface area contributed by atoms with Crippen molar-refractivity contribution in [1.29, 1.82) is 5.26 Å². The minimum absolute atomic E-state index is 0.277. The topological polar surface area (TPSA) is 86.2 Å². The number of nitrogens with zero attached hydrogens (tertiary/aromatic N) is 3. The highest BCUT2D eigenvalue weighted by Gasteiger charge is 2.29. The number of aromatic nitrogens is 1. The minimum Gasteiger partial charge on any atom is -0.394 e. The molecule has 6 nitrogen and oxygen atoms in total. The van der Waals surface area contributed by atoms with Gasteiger partial charge in [-0.15, -0.1) is 17.4 Å². The van der Waals surface area contributed by atoms with Crippen LogP contribution in [0, 0.1) is 18.1 Å². The average Bonchev–Trinajstić information content (AvgIpc) is 3.09. The van der Waals surface area contributed by atoms with Crippen molar-refractivity contribution >= 4 is 27.5 Å². The first-order valence-electron chi connectivity index (χ1n) is 6.92. The van der Waals surface area contributed by atoms with Crippen molar-refractivity contribution in [2.45, 2.75) is 25.4 Å². The van der Waals surface area contributed by atoms with Gasteiger partial charge in [-0.25, -0.2) is 0 Å². The maximum Gasteiger partial charge on any atom is 0.313 e. The molecule has 1 aliphatic rings. The summed E-state index contributed by atoms with van der Waals surface area (Å²) in [5, 5.41) is 19.3. The van der Waals surface area contributed by atoms with Crippen LogP contribution in [0.5, 0.6) is 0 Å². The van der Waals surface area contributed by atoms with Crippen molar-refractivity contribution in [2.24, 2.45) is 0 Å². The first-order valence-corrected chi connectivity index (χ1v) is 7.73. The van der Waals surface area contributed by atoms with Crippen molar-refractivity contribution in [2.75, 3.05) is 6.61 Å². The quantitative estimate of drug-likeness (QED) is 0.509. The van der Waals surface area contributed by atoms with E-state index in [0.717, 1.165) is 28.1 Å². The second-order valence-corrected chi connectivity index (χ2v) is 6.01. The molecule has 0 aliphatic carbocycles. The molecule has 1 atom stereocenters. The largest absolute Gasteiger partial charge is 0.394 e. The Morgan fingerprint density at radius 3 is 3.18 bits per heavy atom. The first-order chi connectivity index (χ1) is 10.7. The van der Waals surface area contributed by atoms with E-state index in [1.807, 2.05) is 12.1 Å². The lowest BCUT2D eigenvalue weighted by atomic mass is 10.2. The van der Waals surface area contributed by atoms with Crippen LogP contribution in [0.1, 0.15) is 17.8 Å². The molecule has 114 valence electrons. The maximum atomic E-state index is 12.0. The fourth-order valence-corrected chi connectivity index (χ4v) is 3.29. The van der Waals surface area contributed by atoms with Crippen LogP contribution in [0.3, 0.4) is 0 Å². The van der Waals surface area contributed by atoms with Gasteiger partial charge in [-0.1, -0.05) is 4.70 Å². The first kappa shape index (κ1) is 14.8. The normalized spacial score (nSPS) is 20.2. The maximum absolute atomic E-state index is 12.0. The molecule has 2 heterocycles. The lowest BCUT2D eigenvalue weighted by Gasteiger charge is -2.03. The zero-order valence-corrected chi connectivity index (χ0v) is 12.5. The van der Waals surface area contributed by atoms with Gasteiger partial charge in [-0.05, 0) is 18.4 Å². The molecule has 0 spiro atoms. The molecule has 0 saturated carbocycles. The predicted octanol–water partition coefficient (Wildman–Crippen LogP) is 0.671. The number of carbonyl (C=O) groups excluding carboxylic acids is 1. The molecule has 7 heteroatoms. The minimum atomic E-state index is -0.821. The van der Waals surface area contributed by atoms with Crippen molar-refractivity contribution in [3.63, 3.8) is 0 Å². The predicted molar refractivity (Wildman–Crippen MR) is 80.3 cm³/mol. The molecule has 1 aromatic heterocycles. The fraction of sp³-hybridized carbons (Fsp3) is 0.333. The van der Waals surface area contributed by atoms with Crippen LogP contribution in [-0.4, -0.2) is 28.7 Å². The molecule has 22 heavy (non-hydrogen) atoms. The van der Waals surface area contributed by atoms with Gasteiger partial charge in [0.1, 0.15) is 0 Å². The molecule has 1 aromatic carbocycles. The molecular formula is C15H14N3O3S-. The smallest absolute Gasteiger partial charge is 0.313 e. The zero-order valence-electron chi connectivity index (χ0n) is 11.7. The second-order valence-electron chi connectivity index (χ2n) is 4.89. The van der Waals surface area contributed by atoms with Crippen LogP contribution in [0.4, 0.5) is 0 Å². The highest BCUT2D eigenvalue weighted by Crippen LogP contribution is 2.21. The van der Waals surface area contributed by atoms with E-state index < -0.39 is 6.10 Å². The Kier molecular flexibility index (Phi) is 4.24. The Labute approximate surface area is 130 Å². The van der Waals surface area contributed by atoms with Crippen LogP contribution in [0.2, 0.25) is 0 Å². The molecule has 3 rings (SSSR count). The van der Waals surface area contributed by atoms with E-state index in [4.69, 9.17) is 15.1 Å². The number of unbranched alkanes of at least 4 members (excludes halogenated alkanes) is 1. The lowest BCUT2D eigenvalue weighted by molar-refractivity contribution is -0.126. The number of ether oxygens (including phenoxy) is 1.